The van der Waals surface area contributed by atoms with Gasteiger partial charge in [-0.3, -0.25) is 4.40 Å². The minimum atomic E-state index is 0.857. The van der Waals surface area contributed by atoms with Crippen LogP contribution in [0.1, 0.15) is 0 Å². The second-order valence-corrected chi connectivity index (χ2v) is 5.69. The van der Waals surface area contributed by atoms with Crippen molar-refractivity contribution < 1.29 is 4.74 Å². The second kappa shape index (κ2) is 4.46. The molecule has 0 fully saturated rings. The molecule has 0 saturated carbocycles. The van der Waals surface area contributed by atoms with Gasteiger partial charge in [0.25, 0.3) is 0 Å². The number of rotatable bonds is 2. The monoisotopic (exact) mass is 298 g/mol. The maximum atomic E-state index is 5.25. The van der Waals surface area contributed by atoms with Gasteiger partial charge in [-0.25, -0.2) is 4.98 Å². The largest absolute Gasteiger partial charge is 0.497 e. The maximum Gasteiger partial charge on any atom is 0.146 e. The third-order valence-corrected chi connectivity index (χ3v) is 4.47. The van der Waals surface area contributed by atoms with E-state index in [1.54, 1.807) is 7.11 Å². The van der Waals surface area contributed by atoms with Gasteiger partial charge in [-0.2, -0.15) is 0 Å². The summed E-state index contributed by atoms with van der Waals surface area (Å²) in [6, 6.07) is 22.9. The Morgan fingerprint density at radius 3 is 2.30 bits per heavy atom. The summed E-state index contributed by atoms with van der Waals surface area (Å²) in [5, 5.41) is 2.45. The van der Waals surface area contributed by atoms with E-state index in [-0.39, 0.29) is 0 Å². The molecule has 0 saturated heterocycles. The third kappa shape index (κ3) is 1.62. The van der Waals surface area contributed by atoms with Crippen LogP contribution >= 0.6 is 0 Å². The van der Waals surface area contributed by atoms with Crippen molar-refractivity contribution >= 4 is 27.5 Å². The van der Waals surface area contributed by atoms with Gasteiger partial charge in [0.1, 0.15) is 11.4 Å². The van der Waals surface area contributed by atoms with Crippen molar-refractivity contribution in [3.63, 3.8) is 0 Å². The molecule has 5 aromatic rings. The first-order valence-electron chi connectivity index (χ1n) is 7.62. The predicted octanol–water partition coefficient (Wildman–Crippen LogP) is 4.75. The zero-order valence-corrected chi connectivity index (χ0v) is 12.7. The fourth-order valence-corrected chi connectivity index (χ4v) is 3.39. The van der Waals surface area contributed by atoms with Crippen molar-refractivity contribution in [3.8, 4) is 17.0 Å². The fraction of sp³-hybridized carbons (Fsp3) is 0.0500. The van der Waals surface area contributed by atoms with Crippen LogP contribution in [0.5, 0.6) is 5.75 Å². The van der Waals surface area contributed by atoms with Crippen molar-refractivity contribution in [2.45, 2.75) is 0 Å². The number of hydrogen-bond donors (Lipinski definition) is 0. The van der Waals surface area contributed by atoms with E-state index in [1.807, 2.05) is 12.1 Å². The van der Waals surface area contributed by atoms with Crippen LogP contribution in [0.4, 0.5) is 0 Å². The first-order chi connectivity index (χ1) is 11.4. The smallest absolute Gasteiger partial charge is 0.146 e. The van der Waals surface area contributed by atoms with E-state index in [9.17, 15) is 0 Å². The van der Waals surface area contributed by atoms with Gasteiger partial charge in [0, 0.05) is 16.3 Å². The van der Waals surface area contributed by atoms with E-state index in [0.29, 0.717) is 0 Å². The van der Waals surface area contributed by atoms with Crippen LogP contribution in [0.25, 0.3) is 38.7 Å². The molecule has 3 heterocycles. The van der Waals surface area contributed by atoms with E-state index in [2.05, 4.69) is 59.0 Å². The molecule has 0 unspecified atom stereocenters. The molecule has 0 bridgehead atoms. The summed E-state index contributed by atoms with van der Waals surface area (Å²) in [6.45, 7) is 0. The Morgan fingerprint density at radius 2 is 1.52 bits per heavy atom. The van der Waals surface area contributed by atoms with Crippen molar-refractivity contribution in [1.82, 2.24) is 9.38 Å². The SMILES string of the molecule is COc1ccc(-c2nc3c4ccccc4c4cccc2n43)cc1. The number of ether oxygens (including phenoxy) is 1. The number of fused-ring (bicyclic) bond motifs is 3. The van der Waals surface area contributed by atoms with Gasteiger partial charge in [-0.05, 0) is 36.4 Å². The van der Waals surface area contributed by atoms with Gasteiger partial charge in [0.05, 0.1) is 23.8 Å². The van der Waals surface area contributed by atoms with Crippen molar-refractivity contribution in [2.24, 2.45) is 0 Å². The summed E-state index contributed by atoms with van der Waals surface area (Å²) >= 11 is 0. The number of methoxy groups -OCH3 is 1. The molecule has 0 spiro atoms. The molecular formula is C20H14N2O. The lowest BCUT2D eigenvalue weighted by Gasteiger charge is -2.02. The Morgan fingerprint density at radius 1 is 0.783 bits per heavy atom. The Kier molecular flexibility index (Phi) is 2.42. The summed E-state index contributed by atoms with van der Waals surface area (Å²) < 4.78 is 7.50. The van der Waals surface area contributed by atoms with Crippen LogP contribution < -0.4 is 4.74 Å². The van der Waals surface area contributed by atoms with Gasteiger partial charge in [0.2, 0.25) is 0 Å². The summed E-state index contributed by atoms with van der Waals surface area (Å²) in [6.07, 6.45) is 0. The molecule has 0 amide bonds. The average Bonchev–Trinajstić information content (AvgIpc) is 3.16. The molecule has 0 radical (unpaired) electrons. The molecule has 3 heteroatoms. The summed E-state index contributed by atoms with van der Waals surface area (Å²) in [5.41, 5.74) is 5.49. The van der Waals surface area contributed by atoms with Gasteiger partial charge in [0.15, 0.2) is 0 Å². The highest BCUT2D eigenvalue weighted by Crippen LogP contribution is 2.35. The standard InChI is InChI=1S/C20H14N2O/c1-23-14-11-9-13(10-12-14)19-18-8-4-7-17-15-5-2-3-6-16(15)20(21-19)22(17)18/h2-12H,1H3. The molecular weight excluding hydrogens is 284 g/mol. The summed E-state index contributed by atoms with van der Waals surface area (Å²) in [5.74, 6) is 0.857. The third-order valence-electron chi connectivity index (χ3n) is 4.47. The average molecular weight is 298 g/mol. The summed E-state index contributed by atoms with van der Waals surface area (Å²) in [4.78, 5) is 4.95. The highest BCUT2D eigenvalue weighted by atomic mass is 16.5. The fourth-order valence-electron chi connectivity index (χ4n) is 3.39. The normalized spacial score (nSPS) is 11.7. The van der Waals surface area contributed by atoms with Crippen LogP contribution in [0.15, 0.2) is 66.7 Å². The quantitative estimate of drug-likeness (QED) is 0.470. The van der Waals surface area contributed by atoms with E-state index >= 15 is 0 Å². The first kappa shape index (κ1) is 12.5. The molecule has 110 valence electrons. The number of hydrogen-bond acceptors (Lipinski definition) is 2. The van der Waals surface area contributed by atoms with E-state index in [4.69, 9.17) is 9.72 Å². The van der Waals surface area contributed by atoms with Crippen molar-refractivity contribution in [2.75, 3.05) is 7.11 Å². The van der Waals surface area contributed by atoms with Gasteiger partial charge < -0.3 is 4.74 Å². The molecule has 3 nitrogen and oxygen atoms in total. The highest BCUT2D eigenvalue weighted by molar-refractivity contribution is 6.10. The number of nitrogens with zero attached hydrogens (tertiary/aromatic N) is 2. The molecule has 0 aliphatic carbocycles. The molecule has 5 rings (SSSR count). The molecule has 0 aliphatic heterocycles. The number of aromatic nitrogens is 2. The Hall–Kier alpha value is -3.07. The lowest BCUT2D eigenvalue weighted by Crippen LogP contribution is -1.85. The molecule has 2 aromatic carbocycles. The topological polar surface area (TPSA) is 26.5 Å². The number of benzene rings is 2. The zero-order valence-electron chi connectivity index (χ0n) is 12.7. The van der Waals surface area contributed by atoms with E-state index < -0.39 is 0 Å². The molecule has 0 aliphatic rings. The zero-order chi connectivity index (χ0) is 15.4. The van der Waals surface area contributed by atoms with Crippen LogP contribution in [0, 0.1) is 0 Å². The Bertz CT molecular complexity index is 1140. The van der Waals surface area contributed by atoms with Crippen LogP contribution in [0.2, 0.25) is 0 Å². The second-order valence-electron chi connectivity index (χ2n) is 5.69. The van der Waals surface area contributed by atoms with Gasteiger partial charge in [-0.1, -0.05) is 30.3 Å². The predicted molar refractivity (Wildman–Crippen MR) is 93.4 cm³/mol. The van der Waals surface area contributed by atoms with E-state index in [1.165, 1.54) is 16.3 Å². The number of imidazole rings is 1. The van der Waals surface area contributed by atoms with E-state index in [0.717, 1.165) is 28.2 Å². The molecule has 0 atom stereocenters. The molecule has 0 N–H and O–H groups in total. The first-order valence-corrected chi connectivity index (χ1v) is 7.62. The van der Waals surface area contributed by atoms with Crippen LogP contribution in [-0.4, -0.2) is 16.5 Å². The van der Waals surface area contributed by atoms with Gasteiger partial charge in [-0.15, -0.1) is 0 Å². The Labute approximate surface area is 133 Å². The van der Waals surface area contributed by atoms with Gasteiger partial charge >= 0.3 is 0 Å². The minimum absolute atomic E-state index is 0.857. The maximum absolute atomic E-state index is 5.25. The Balaban J connectivity index is 1.88. The molecule has 23 heavy (non-hydrogen) atoms. The molecule has 3 aromatic heterocycles. The van der Waals surface area contributed by atoms with Crippen molar-refractivity contribution in [1.29, 1.82) is 0 Å². The minimum Gasteiger partial charge on any atom is -0.497 e. The number of pyridine rings is 1. The van der Waals surface area contributed by atoms with Crippen molar-refractivity contribution in [3.05, 3.63) is 66.7 Å². The lowest BCUT2D eigenvalue weighted by atomic mass is 10.1. The highest BCUT2D eigenvalue weighted by Gasteiger charge is 2.17. The van der Waals surface area contributed by atoms with Crippen LogP contribution in [-0.2, 0) is 0 Å². The van der Waals surface area contributed by atoms with Crippen LogP contribution in [0.3, 0.4) is 0 Å². The lowest BCUT2D eigenvalue weighted by molar-refractivity contribution is 0.415. The summed E-state index contributed by atoms with van der Waals surface area (Å²) in [7, 11) is 1.68.